The lowest BCUT2D eigenvalue weighted by Crippen LogP contribution is -2.33. The van der Waals surface area contributed by atoms with Crippen molar-refractivity contribution < 1.29 is 14.6 Å². The van der Waals surface area contributed by atoms with Gasteiger partial charge in [-0.25, -0.2) is 5.01 Å². The zero-order valence-corrected chi connectivity index (χ0v) is 16.6. The van der Waals surface area contributed by atoms with Crippen molar-refractivity contribution in [1.82, 2.24) is 5.01 Å². The molecule has 1 N–H and O–H groups in total. The highest BCUT2D eigenvalue weighted by atomic mass is 35.5. The summed E-state index contributed by atoms with van der Waals surface area (Å²) >= 11 is 7.78. The number of aromatic hydroxyl groups is 1. The Labute approximate surface area is 171 Å². The van der Waals surface area contributed by atoms with Gasteiger partial charge < -0.3 is 14.6 Å². The SMILES string of the molecule is COc1cccc2c1OC(c1ccsc1)N1N=C(c3cc(Cl)ccc3O)CC21. The average molecular weight is 413 g/mol. The van der Waals surface area contributed by atoms with Crippen molar-refractivity contribution in [3.05, 3.63) is 74.9 Å². The lowest BCUT2D eigenvalue weighted by atomic mass is 9.95. The largest absolute Gasteiger partial charge is 0.507 e. The zero-order valence-electron chi connectivity index (χ0n) is 15.0. The van der Waals surface area contributed by atoms with Crippen LogP contribution in [0.5, 0.6) is 17.2 Å². The van der Waals surface area contributed by atoms with Gasteiger partial charge in [-0.2, -0.15) is 16.4 Å². The molecule has 5 rings (SSSR count). The van der Waals surface area contributed by atoms with Crippen molar-refractivity contribution in [2.75, 3.05) is 7.11 Å². The van der Waals surface area contributed by atoms with E-state index in [9.17, 15) is 5.11 Å². The summed E-state index contributed by atoms with van der Waals surface area (Å²) in [6.45, 7) is 0. The molecule has 7 heteroatoms. The fourth-order valence-electron chi connectivity index (χ4n) is 3.78. The lowest BCUT2D eigenvalue weighted by Gasteiger charge is -2.38. The number of halogens is 1. The summed E-state index contributed by atoms with van der Waals surface area (Å²) in [6, 6.07) is 12.9. The highest BCUT2D eigenvalue weighted by molar-refractivity contribution is 7.07. The van der Waals surface area contributed by atoms with Gasteiger partial charge in [0.25, 0.3) is 0 Å². The Morgan fingerprint density at radius 1 is 1.29 bits per heavy atom. The Hall–Kier alpha value is -2.70. The summed E-state index contributed by atoms with van der Waals surface area (Å²) in [4.78, 5) is 0. The number of rotatable bonds is 3. The van der Waals surface area contributed by atoms with Crippen molar-refractivity contribution in [2.45, 2.75) is 18.7 Å². The van der Waals surface area contributed by atoms with Gasteiger partial charge in [-0.15, -0.1) is 0 Å². The number of para-hydroxylation sites is 1. The molecule has 0 saturated carbocycles. The molecule has 142 valence electrons. The van der Waals surface area contributed by atoms with Crippen LogP contribution in [0.3, 0.4) is 0 Å². The first-order chi connectivity index (χ1) is 13.7. The molecule has 5 nitrogen and oxygen atoms in total. The number of hydrogen-bond donors (Lipinski definition) is 1. The third-order valence-electron chi connectivity index (χ3n) is 5.10. The Morgan fingerprint density at radius 3 is 2.96 bits per heavy atom. The minimum absolute atomic E-state index is 0.0165. The second-order valence-electron chi connectivity index (χ2n) is 6.71. The van der Waals surface area contributed by atoms with Crippen LogP contribution in [0.1, 0.15) is 35.4 Å². The molecule has 28 heavy (non-hydrogen) atoms. The quantitative estimate of drug-likeness (QED) is 0.629. The van der Waals surface area contributed by atoms with Crippen LogP contribution in [-0.2, 0) is 0 Å². The molecular formula is C21H17ClN2O3S. The number of nitrogens with zero attached hydrogens (tertiary/aromatic N) is 2. The minimum atomic E-state index is -0.362. The maximum Gasteiger partial charge on any atom is 0.214 e. The van der Waals surface area contributed by atoms with Crippen LogP contribution in [0.25, 0.3) is 0 Å². The third kappa shape index (κ3) is 2.72. The van der Waals surface area contributed by atoms with Crippen molar-refractivity contribution in [2.24, 2.45) is 5.10 Å². The number of hydrogen-bond acceptors (Lipinski definition) is 6. The number of ether oxygens (including phenoxy) is 2. The van der Waals surface area contributed by atoms with Gasteiger partial charge in [0, 0.05) is 28.1 Å². The van der Waals surface area contributed by atoms with E-state index in [2.05, 4.69) is 5.38 Å². The summed E-state index contributed by atoms with van der Waals surface area (Å²) in [5, 5.41) is 21.8. The van der Waals surface area contributed by atoms with Crippen LogP contribution in [0.2, 0.25) is 5.02 Å². The number of benzene rings is 2. The van der Waals surface area contributed by atoms with Crippen LogP contribution >= 0.6 is 22.9 Å². The van der Waals surface area contributed by atoms with Crippen molar-refractivity contribution >= 4 is 28.6 Å². The summed E-state index contributed by atoms with van der Waals surface area (Å²) < 4.78 is 11.9. The molecule has 0 saturated heterocycles. The molecule has 0 fully saturated rings. The van der Waals surface area contributed by atoms with E-state index in [1.807, 2.05) is 34.7 Å². The van der Waals surface area contributed by atoms with E-state index in [0.29, 0.717) is 22.8 Å². The highest BCUT2D eigenvalue weighted by Crippen LogP contribution is 2.51. The molecule has 2 aromatic carbocycles. The summed E-state index contributed by atoms with van der Waals surface area (Å²) in [5.41, 5.74) is 3.48. The van der Waals surface area contributed by atoms with E-state index in [-0.39, 0.29) is 18.0 Å². The number of hydrazone groups is 1. The Bertz CT molecular complexity index is 1070. The van der Waals surface area contributed by atoms with Crippen LogP contribution in [-0.4, -0.2) is 22.9 Å². The van der Waals surface area contributed by atoms with Gasteiger partial charge in [-0.3, -0.25) is 0 Å². The molecule has 2 atom stereocenters. The Balaban J connectivity index is 1.64. The number of phenols is 1. The fourth-order valence-corrected chi connectivity index (χ4v) is 4.62. The second kappa shape index (κ2) is 6.72. The third-order valence-corrected chi connectivity index (χ3v) is 6.03. The van der Waals surface area contributed by atoms with Crippen LogP contribution in [0, 0.1) is 0 Å². The molecule has 0 amide bonds. The zero-order chi connectivity index (χ0) is 19.3. The topological polar surface area (TPSA) is 54.3 Å². The van der Waals surface area contributed by atoms with E-state index in [4.69, 9.17) is 26.2 Å². The minimum Gasteiger partial charge on any atom is -0.507 e. The molecule has 1 aromatic heterocycles. The molecule has 2 unspecified atom stereocenters. The highest BCUT2D eigenvalue weighted by Gasteiger charge is 2.42. The maximum atomic E-state index is 10.3. The number of methoxy groups -OCH3 is 1. The van der Waals surface area contributed by atoms with Gasteiger partial charge in [0.05, 0.1) is 18.9 Å². The molecule has 0 spiro atoms. The number of fused-ring (bicyclic) bond motifs is 3. The molecular weight excluding hydrogens is 396 g/mol. The van der Waals surface area contributed by atoms with Crippen LogP contribution < -0.4 is 9.47 Å². The van der Waals surface area contributed by atoms with Gasteiger partial charge in [-0.05, 0) is 41.1 Å². The van der Waals surface area contributed by atoms with Gasteiger partial charge >= 0.3 is 0 Å². The second-order valence-corrected chi connectivity index (χ2v) is 7.93. The van der Waals surface area contributed by atoms with E-state index >= 15 is 0 Å². The van der Waals surface area contributed by atoms with Gasteiger partial charge in [0.15, 0.2) is 11.5 Å². The van der Waals surface area contributed by atoms with E-state index in [1.165, 1.54) is 0 Å². The van der Waals surface area contributed by atoms with Gasteiger partial charge in [0.2, 0.25) is 6.23 Å². The maximum absolute atomic E-state index is 10.3. The smallest absolute Gasteiger partial charge is 0.214 e. The first-order valence-corrected chi connectivity index (χ1v) is 10.2. The normalized spacial score (nSPS) is 20.2. The molecule has 0 bridgehead atoms. The predicted molar refractivity (Wildman–Crippen MR) is 110 cm³/mol. The predicted octanol–water partition coefficient (Wildman–Crippen LogP) is 5.36. The summed E-state index contributed by atoms with van der Waals surface area (Å²) in [6.07, 6.45) is 0.275. The Kier molecular flexibility index (Phi) is 4.18. The fraction of sp³-hybridized carbons (Fsp3) is 0.190. The number of thiophene rings is 1. The number of phenolic OH excluding ortho intramolecular Hbond substituents is 1. The molecule has 0 radical (unpaired) electrons. The van der Waals surface area contributed by atoms with Crippen LogP contribution in [0.15, 0.2) is 58.3 Å². The summed E-state index contributed by atoms with van der Waals surface area (Å²) in [5.74, 6) is 1.62. The molecule has 3 aromatic rings. The standard InChI is InChI=1S/C21H17ClN2O3S/c1-26-19-4-2-3-14-17-10-16(15-9-13(22)5-6-18(15)25)23-24(17)21(27-20(14)19)12-7-8-28-11-12/h2-9,11,17,21,25H,10H2,1H3. The van der Waals surface area contributed by atoms with Crippen molar-refractivity contribution in [1.29, 1.82) is 0 Å². The lowest BCUT2D eigenvalue weighted by molar-refractivity contribution is -0.0206. The van der Waals surface area contributed by atoms with Gasteiger partial charge in [0.1, 0.15) is 5.75 Å². The van der Waals surface area contributed by atoms with Gasteiger partial charge in [-0.1, -0.05) is 23.7 Å². The molecule has 3 heterocycles. The molecule has 0 aliphatic carbocycles. The van der Waals surface area contributed by atoms with Crippen molar-refractivity contribution in [3.63, 3.8) is 0 Å². The van der Waals surface area contributed by atoms with E-state index < -0.39 is 0 Å². The van der Waals surface area contributed by atoms with E-state index in [1.54, 1.807) is 36.6 Å². The van der Waals surface area contributed by atoms with Crippen molar-refractivity contribution in [3.8, 4) is 17.2 Å². The summed E-state index contributed by atoms with van der Waals surface area (Å²) in [7, 11) is 1.64. The molecule has 2 aliphatic heterocycles. The average Bonchev–Trinajstić information content (AvgIpc) is 3.39. The first-order valence-electron chi connectivity index (χ1n) is 8.86. The monoisotopic (exact) mass is 412 g/mol. The molecule has 2 aliphatic rings. The first kappa shape index (κ1) is 17.4. The van der Waals surface area contributed by atoms with Crippen LogP contribution in [0.4, 0.5) is 0 Å². The Morgan fingerprint density at radius 2 is 2.18 bits per heavy atom. The van der Waals surface area contributed by atoms with E-state index in [0.717, 1.165) is 22.6 Å².